The van der Waals surface area contributed by atoms with Crippen LogP contribution in [-0.2, 0) is 32.3 Å². The minimum Gasteiger partial charge on any atom is -0.355 e. The normalized spacial score (nSPS) is 23.2. The average molecular weight is 523 g/mol. The quantitative estimate of drug-likeness (QED) is 0.453. The van der Waals surface area contributed by atoms with Crippen LogP contribution in [0.15, 0.2) is 18.2 Å². The Labute approximate surface area is 223 Å². The van der Waals surface area contributed by atoms with Crippen molar-refractivity contribution in [3.8, 4) is 0 Å². The van der Waals surface area contributed by atoms with Crippen molar-refractivity contribution >= 4 is 29.5 Å². The van der Waals surface area contributed by atoms with E-state index in [1.54, 1.807) is 6.07 Å². The van der Waals surface area contributed by atoms with Crippen molar-refractivity contribution in [3.63, 3.8) is 0 Å². The molecule has 2 aliphatic carbocycles. The Kier molecular flexibility index (Phi) is 8.09. The van der Waals surface area contributed by atoms with Crippen molar-refractivity contribution in [2.75, 3.05) is 6.54 Å². The van der Waals surface area contributed by atoms with Crippen molar-refractivity contribution in [2.24, 2.45) is 17.8 Å². The number of amides is 5. The summed E-state index contributed by atoms with van der Waals surface area (Å²) in [6, 6.07) is 4.86. The van der Waals surface area contributed by atoms with Crippen LogP contribution in [0.25, 0.3) is 0 Å². The number of piperidine rings is 1. The van der Waals surface area contributed by atoms with Gasteiger partial charge in [-0.2, -0.15) is 0 Å². The van der Waals surface area contributed by atoms with Crippen LogP contribution < -0.4 is 16.0 Å². The number of nitrogens with zero attached hydrogens (tertiary/aromatic N) is 1. The highest BCUT2D eigenvalue weighted by atomic mass is 16.2. The molecule has 3 N–H and O–H groups in total. The highest BCUT2D eigenvalue weighted by Crippen LogP contribution is 2.31. The maximum absolute atomic E-state index is 13.4. The molecule has 1 aromatic rings. The number of benzene rings is 1. The molecule has 3 fully saturated rings. The molecule has 2 atom stereocenters. The van der Waals surface area contributed by atoms with Crippen molar-refractivity contribution in [3.05, 3.63) is 34.9 Å². The van der Waals surface area contributed by atoms with E-state index in [9.17, 15) is 24.0 Å². The van der Waals surface area contributed by atoms with Crippen LogP contribution in [0, 0.1) is 17.8 Å². The summed E-state index contributed by atoms with van der Waals surface area (Å²) in [6.45, 7) is 1.02. The lowest BCUT2D eigenvalue weighted by molar-refractivity contribution is -0.137. The first-order valence-corrected chi connectivity index (χ1v) is 14.2. The molecule has 0 aromatic heterocycles. The molecule has 5 rings (SSSR count). The molecular formula is C29H38N4O5. The molecule has 0 radical (unpaired) electrons. The van der Waals surface area contributed by atoms with Gasteiger partial charge in [0.15, 0.2) is 0 Å². The van der Waals surface area contributed by atoms with Gasteiger partial charge >= 0.3 is 0 Å². The standard InChI is InChI=1S/C29H38N4O5/c34-25-13-12-24(28(37)32-25)33-17-21-14-18(10-11-22(21)29(33)38)15-30-27(36)23(19-6-2-1-3-7-19)16-31-26(35)20-8-4-5-9-20/h10-11,14,19-20,23-24H,1-9,12-13,15-17H2,(H,30,36)(H,31,35)(H,32,34,37). The molecule has 38 heavy (non-hydrogen) atoms. The fourth-order valence-corrected chi connectivity index (χ4v) is 6.61. The van der Waals surface area contributed by atoms with Gasteiger partial charge in [-0.15, -0.1) is 0 Å². The van der Waals surface area contributed by atoms with Crippen LogP contribution in [0.5, 0.6) is 0 Å². The number of nitrogens with one attached hydrogen (secondary N) is 3. The van der Waals surface area contributed by atoms with Crippen molar-refractivity contribution in [1.82, 2.24) is 20.9 Å². The van der Waals surface area contributed by atoms with E-state index in [4.69, 9.17) is 0 Å². The van der Waals surface area contributed by atoms with Gasteiger partial charge in [-0.1, -0.05) is 44.2 Å². The van der Waals surface area contributed by atoms with Crippen molar-refractivity contribution < 1.29 is 24.0 Å². The predicted molar refractivity (Wildman–Crippen MR) is 139 cm³/mol. The first-order valence-electron chi connectivity index (χ1n) is 14.2. The van der Waals surface area contributed by atoms with Gasteiger partial charge < -0.3 is 15.5 Å². The lowest BCUT2D eigenvalue weighted by Gasteiger charge is -2.30. The zero-order chi connectivity index (χ0) is 26.6. The zero-order valence-electron chi connectivity index (χ0n) is 21.9. The highest BCUT2D eigenvalue weighted by Gasteiger charge is 2.39. The first kappa shape index (κ1) is 26.4. The Morgan fingerprint density at radius 1 is 0.947 bits per heavy atom. The van der Waals surface area contributed by atoms with Crippen LogP contribution in [0.3, 0.4) is 0 Å². The molecule has 2 saturated carbocycles. The molecule has 9 nitrogen and oxygen atoms in total. The van der Waals surface area contributed by atoms with E-state index in [-0.39, 0.29) is 47.8 Å². The van der Waals surface area contributed by atoms with Crippen LogP contribution in [0.1, 0.15) is 92.1 Å². The largest absolute Gasteiger partial charge is 0.355 e. The molecule has 1 aromatic carbocycles. The Bertz CT molecular complexity index is 1110. The summed E-state index contributed by atoms with van der Waals surface area (Å²) < 4.78 is 0. The first-order chi connectivity index (χ1) is 18.4. The van der Waals surface area contributed by atoms with Gasteiger partial charge in [0.1, 0.15) is 6.04 Å². The number of imide groups is 1. The second kappa shape index (κ2) is 11.7. The van der Waals surface area contributed by atoms with Crippen LogP contribution in [0.2, 0.25) is 0 Å². The van der Waals surface area contributed by atoms with Crippen molar-refractivity contribution in [1.29, 1.82) is 0 Å². The lowest BCUT2D eigenvalue weighted by atomic mass is 9.79. The lowest BCUT2D eigenvalue weighted by Crippen LogP contribution is -2.52. The molecule has 9 heteroatoms. The minimum atomic E-state index is -0.647. The molecule has 1 saturated heterocycles. The van der Waals surface area contributed by atoms with Gasteiger partial charge in [0, 0.05) is 37.5 Å². The Balaban J connectivity index is 1.20. The number of carbonyl (C=O) groups excluding carboxylic acids is 5. The molecule has 4 aliphatic rings. The SMILES string of the molecule is O=C1CCC(N2Cc3cc(CNC(=O)C(CNC(=O)C4CCCC4)C4CCCCC4)ccc3C2=O)C(=O)N1. The van der Waals surface area contributed by atoms with E-state index in [1.807, 2.05) is 12.1 Å². The molecule has 5 amide bonds. The molecule has 2 unspecified atom stereocenters. The average Bonchev–Trinajstić information content (AvgIpc) is 3.57. The van der Waals surface area contributed by atoms with E-state index in [2.05, 4.69) is 16.0 Å². The highest BCUT2D eigenvalue weighted by molar-refractivity contribution is 6.05. The van der Waals surface area contributed by atoms with Gasteiger partial charge in [0.05, 0.1) is 5.92 Å². The summed E-state index contributed by atoms with van der Waals surface area (Å²) in [4.78, 5) is 64.3. The minimum absolute atomic E-state index is 0.0367. The summed E-state index contributed by atoms with van der Waals surface area (Å²) >= 11 is 0. The summed E-state index contributed by atoms with van der Waals surface area (Å²) in [5.41, 5.74) is 2.26. The number of hydrogen-bond donors (Lipinski definition) is 3. The van der Waals surface area contributed by atoms with Crippen molar-refractivity contribution in [2.45, 2.75) is 89.8 Å². The second-order valence-electron chi connectivity index (χ2n) is 11.3. The number of hydrogen-bond acceptors (Lipinski definition) is 5. The third kappa shape index (κ3) is 5.76. The van der Waals surface area contributed by atoms with E-state index in [0.29, 0.717) is 31.6 Å². The van der Waals surface area contributed by atoms with Gasteiger partial charge in [0.25, 0.3) is 5.91 Å². The molecule has 0 bridgehead atoms. The maximum Gasteiger partial charge on any atom is 0.255 e. The molecule has 2 heterocycles. The third-order valence-corrected chi connectivity index (χ3v) is 8.83. The third-order valence-electron chi connectivity index (χ3n) is 8.83. The Morgan fingerprint density at radius 2 is 1.68 bits per heavy atom. The topological polar surface area (TPSA) is 125 Å². The van der Waals surface area contributed by atoms with E-state index >= 15 is 0 Å². The number of fused-ring (bicyclic) bond motifs is 1. The summed E-state index contributed by atoms with van der Waals surface area (Å²) in [5.74, 6) is -0.793. The fourth-order valence-electron chi connectivity index (χ4n) is 6.61. The van der Waals surface area contributed by atoms with Crippen LogP contribution >= 0.6 is 0 Å². The smallest absolute Gasteiger partial charge is 0.255 e. The molecule has 0 spiro atoms. The van der Waals surface area contributed by atoms with Crippen LogP contribution in [-0.4, -0.2) is 47.0 Å². The summed E-state index contributed by atoms with van der Waals surface area (Å²) in [6.07, 6.45) is 10.1. The molecule has 2 aliphatic heterocycles. The molecule has 204 valence electrons. The fraction of sp³-hybridized carbons (Fsp3) is 0.621. The number of carbonyl (C=O) groups is 5. The van der Waals surface area contributed by atoms with Gasteiger partial charge in [-0.25, -0.2) is 0 Å². The Hall–Kier alpha value is -3.23. The summed E-state index contributed by atoms with van der Waals surface area (Å²) in [7, 11) is 0. The monoisotopic (exact) mass is 522 g/mol. The van der Waals surface area contributed by atoms with Gasteiger partial charge in [-0.3, -0.25) is 29.3 Å². The zero-order valence-corrected chi connectivity index (χ0v) is 21.9. The van der Waals surface area contributed by atoms with Gasteiger partial charge in [-0.05, 0) is 55.2 Å². The molecular weight excluding hydrogens is 484 g/mol. The van der Waals surface area contributed by atoms with E-state index < -0.39 is 11.9 Å². The Morgan fingerprint density at radius 3 is 2.42 bits per heavy atom. The number of rotatable bonds is 8. The summed E-state index contributed by atoms with van der Waals surface area (Å²) in [5, 5.41) is 8.50. The van der Waals surface area contributed by atoms with E-state index in [1.165, 1.54) is 11.3 Å². The predicted octanol–water partition coefficient (Wildman–Crippen LogP) is 2.57. The second-order valence-corrected chi connectivity index (χ2v) is 11.3. The van der Waals surface area contributed by atoms with Crippen LogP contribution in [0.4, 0.5) is 0 Å². The van der Waals surface area contributed by atoms with E-state index in [0.717, 1.165) is 62.5 Å². The maximum atomic E-state index is 13.4. The van der Waals surface area contributed by atoms with Gasteiger partial charge in [0.2, 0.25) is 23.6 Å².